The number of rotatable bonds is 3. The Morgan fingerprint density at radius 1 is 0.762 bits per heavy atom. The Kier molecular flexibility index (Phi) is 2.95. The lowest BCUT2D eigenvalue weighted by molar-refractivity contribution is 0.260. The molecule has 0 unspecified atom stereocenters. The Morgan fingerprint density at radius 3 is 2.10 bits per heavy atom. The van der Waals surface area contributed by atoms with Crippen LogP contribution in [0.1, 0.15) is 13.8 Å². The molecule has 4 aromatic carbocycles. The van der Waals surface area contributed by atoms with Gasteiger partial charge in [0.25, 0.3) is 9.76 Å². The fourth-order valence-corrected chi connectivity index (χ4v) is 3.84. The highest BCUT2D eigenvalue weighted by molar-refractivity contribution is 6.52. The van der Waals surface area contributed by atoms with Crippen molar-refractivity contribution in [3.8, 4) is 0 Å². The molecule has 0 saturated carbocycles. The molecular weight excluding hydrogens is 272 g/mol. The SMILES string of the molecule is CC(C)O[Si]c1ccc2ccc3cccc4ccc1c2c34. The molecule has 2 radical (unpaired) electrons. The van der Waals surface area contributed by atoms with E-state index in [-0.39, 0.29) is 6.10 Å². The van der Waals surface area contributed by atoms with E-state index in [2.05, 4.69) is 68.4 Å². The molecular formula is C19H16OSi. The van der Waals surface area contributed by atoms with Crippen molar-refractivity contribution in [2.75, 3.05) is 0 Å². The summed E-state index contributed by atoms with van der Waals surface area (Å²) in [4.78, 5) is 0. The molecule has 0 N–H and O–H groups in total. The lowest BCUT2D eigenvalue weighted by Gasteiger charge is -2.14. The van der Waals surface area contributed by atoms with Crippen molar-refractivity contribution in [1.29, 1.82) is 0 Å². The van der Waals surface area contributed by atoms with Crippen molar-refractivity contribution < 1.29 is 4.43 Å². The molecule has 0 atom stereocenters. The minimum atomic E-state index is 0.266. The van der Waals surface area contributed by atoms with Crippen LogP contribution in [0.4, 0.5) is 0 Å². The van der Waals surface area contributed by atoms with Crippen LogP contribution >= 0.6 is 0 Å². The highest BCUT2D eigenvalue weighted by Gasteiger charge is 2.11. The minimum absolute atomic E-state index is 0.266. The van der Waals surface area contributed by atoms with Crippen LogP contribution in [0.5, 0.6) is 0 Å². The lowest BCUT2D eigenvalue weighted by atomic mass is 9.94. The van der Waals surface area contributed by atoms with E-state index < -0.39 is 0 Å². The zero-order valence-corrected chi connectivity index (χ0v) is 13.2. The molecule has 2 heteroatoms. The van der Waals surface area contributed by atoms with Gasteiger partial charge >= 0.3 is 0 Å². The monoisotopic (exact) mass is 288 g/mol. The van der Waals surface area contributed by atoms with Crippen LogP contribution in [0.15, 0.2) is 54.6 Å². The van der Waals surface area contributed by atoms with Gasteiger partial charge in [0.15, 0.2) is 0 Å². The van der Waals surface area contributed by atoms with Gasteiger partial charge in [-0.25, -0.2) is 0 Å². The number of hydrogen-bond donors (Lipinski definition) is 0. The first-order chi connectivity index (χ1) is 10.2. The maximum absolute atomic E-state index is 5.85. The highest BCUT2D eigenvalue weighted by atomic mass is 28.2. The van der Waals surface area contributed by atoms with Gasteiger partial charge < -0.3 is 4.43 Å². The molecule has 0 aliphatic carbocycles. The summed E-state index contributed by atoms with van der Waals surface area (Å²) in [7, 11) is 0.403. The van der Waals surface area contributed by atoms with E-state index in [0.29, 0.717) is 9.76 Å². The quantitative estimate of drug-likeness (QED) is 0.404. The van der Waals surface area contributed by atoms with Gasteiger partial charge in [-0.05, 0) is 51.4 Å². The molecule has 0 fully saturated rings. The molecule has 0 aliphatic heterocycles. The zero-order chi connectivity index (χ0) is 14.4. The zero-order valence-electron chi connectivity index (χ0n) is 12.2. The average Bonchev–Trinajstić information content (AvgIpc) is 2.51. The fraction of sp³-hybridized carbons (Fsp3) is 0.158. The topological polar surface area (TPSA) is 9.23 Å². The second-order valence-corrected chi connectivity index (χ2v) is 6.72. The summed E-state index contributed by atoms with van der Waals surface area (Å²) >= 11 is 0. The van der Waals surface area contributed by atoms with Crippen LogP contribution in [-0.4, -0.2) is 15.9 Å². The van der Waals surface area contributed by atoms with Gasteiger partial charge in [-0.2, -0.15) is 0 Å². The molecule has 0 bridgehead atoms. The molecule has 102 valence electrons. The largest absolute Gasteiger partial charge is 0.409 e. The molecule has 0 saturated heterocycles. The predicted molar refractivity (Wildman–Crippen MR) is 91.8 cm³/mol. The Bertz CT molecular complexity index is 911. The number of benzene rings is 4. The summed E-state index contributed by atoms with van der Waals surface area (Å²) < 4.78 is 5.85. The Labute approximate surface area is 126 Å². The molecule has 0 aliphatic rings. The molecule has 0 aromatic heterocycles. The normalized spacial score (nSPS) is 12.1. The molecule has 0 heterocycles. The van der Waals surface area contributed by atoms with Gasteiger partial charge in [0.2, 0.25) is 0 Å². The van der Waals surface area contributed by atoms with E-state index in [9.17, 15) is 0 Å². The van der Waals surface area contributed by atoms with Crippen molar-refractivity contribution >= 4 is 47.3 Å². The Morgan fingerprint density at radius 2 is 1.38 bits per heavy atom. The second kappa shape index (κ2) is 4.83. The van der Waals surface area contributed by atoms with Gasteiger partial charge in [-0.3, -0.25) is 0 Å². The van der Waals surface area contributed by atoms with Crippen molar-refractivity contribution in [1.82, 2.24) is 0 Å². The molecule has 1 nitrogen and oxygen atoms in total. The molecule has 0 amide bonds. The summed E-state index contributed by atoms with van der Waals surface area (Å²) in [6.07, 6.45) is 0.266. The van der Waals surface area contributed by atoms with Crippen LogP contribution in [-0.2, 0) is 4.43 Å². The highest BCUT2D eigenvalue weighted by Crippen LogP contribution is 2.33. The third-order valence-electron chi connectivity index (χ3n) is 3.93. The molecule has 21 heavy (non-hydrogen) atoms. The van der Waals surface area contributed by atoms with Crippen LogP contribution in [0.25, 0.3) is 32.3 Å². The van der Waals surface area contributed by atoms with E-state index in [1.165, 1.54) is 37.5 Å². The fourth-order valence-electron chi connectivity index (χ4n) is 3.01. The average molecular weight is 288 g/mol. The summed E-state index contributed by atoms with van der Waals surface area (Å²) in [6.45, 7) is 4.17. The van der Waals surface area contributed by atoms with E-state index in [1.807, 2.05) is 0 Å². The van der Waals surface area contributed by atoms with Crippen LogP contribution in [0.3, 0.4) is 0 Å². The first-order valence-corrected chi connectivity index (χ1v) is 8.23. The predicted octanol–water partition coefficient (Wildman–Crippen LogP) is 4.25. The summed E-state index contributed by atoms with van der Waals surface area (Å²) in [6, 6.07) is 19.9. The molecule has 4 rings (SSSR count). The van der Waals surface area contributed by atoms with Gasteiger partial charge in [0.05, 0.1) is 0 Å². The van der Waals surface area contributed by atoms with Crippen LogP contribution in [0, 0.1) is 0 Å². The van der Waals surface area contributed by atoms with E-state index in [0.717, 1.165) is 0 Å². The smallest absolute Gasteiger partial charge is 0.269 e. The van der Waals surface area contributed by atoms with E-state index >= 15 is 0 Å². The van der Waals surface area contributed by atoms with Gasteiger partial charge in [0, 0.05) is 6.10 Å². The third-order valence-corrected chi connectivity index (χ3v) is 5.18. The summed E-state index contributed by atoms with van der Waals surface area (Å²) in [5, 5.41) is 9.33. The third kappa shape index (κ3) is 2.03. The van der Waals surface area contributed by atoms with E-state index in [4.69, 9.17) is 4.43 Å². The maximum atomic E-state index is 5.85. The van der Waals surface area contributed by atoms with Crippen molar-refractivity contribution in [3.63, 3.8) is 0 Å². The maximum Gasteiger partial charge on any atom is 0.269 e. The first kappa shape index (κ1) is 12.8. The van der Waals surface area contributed by atoms with E-state index in [1.54, 1.807) is 0 Å². The first-order valence-electron chi connectivity index (χ1n) is 7.32. The Hall–Kier alpha value is -1.90. The standard InChI is InChI=1S/C19H16OSi/c1-12(2)20-21-17-11-9-15-7-6-13-4-3-5-14-8-10-16(17)19(15)18(13)14/h3-12H,1-2H3. The van der Waals surface area contributed by atoms with Crippen molar-refractivity contribution in [3.05, 3.63) is 54.6 Å². The number of hydrogen-bond acceptors (Lipinski definition) is 1. The Balaban J connectivity index is 2.06. The molecule has 4 aromatic rings. The van der Waals surface area contributed by atoms with Gasteiger partial charge in [0.1, 0.15) is 0 Å². The summed E-state index contributed by atoms with van der Waals surface area (Å²) in [5.74, 6) is 0. The summed E-state index contributed by atoms with van der Waals surface area (Å²) in [5.41, 5.74) is 0. The van der Waals surface area contributed by atoms with Gasteiger partial charge in [-0.15, -0.1) is 0 Å². The van der Waals surface area contributed by atoms with Crippen LogP contribution < -0.4 is 5.19 Å². The van der Waals surface area contributed by atoms with Gasteiger partial charge in [-0.1, -0.05) is 54.6 Å². The van der Waals surface area contributed by atoms with Crippen molar-refractivity contribution in [2.45, 2.75) is 20.0 Å². The van der Waals surface area contributed by atoms with Crippen molar-refractivity contribution in [2.24, 2.45) is 0 Å². The minimum Gasteiger partial charge on any atom is -0.409 e. The molecule has 0 spiro atoms. The second-order valence-electron chi connectivity index (χ2n) is 5.74. The lowest BCUT2D eigenvalue weighted by Crippen LogP contribution is -2.21. The van der Waals surface area contributed by atoms with Crippen LogP contribution in [0.2, 0.25) is 0 Å².